The molecule has 0 saturated carbocycles. The quantitative estimate of drug-likeness (QED) is 0.817. The fraction of sp³-hybridized carbons (Fsp3) is 0.462. The number of aliphatic carboxylic acids is 1. The smallest absolute Gasteiger partial charge is 0.317 e. The number of nitrogens with zero attached hydrogens (tertiary/aromatic N) is 1. The summed E-state index contributed by atoms with van der Waals surface area (Å²) >= 11 is 7.02. The van der Waals surface area contributed by atoms with Crippen LogP contribution in [0.25, 0.3) is 0 Å². The number of carboxylic acid groups (broad SMARTS) is 1. The van der Waals surface area contributed by atoms with E-state index < -0.39 is 5.97 Å². The summed E-state index contributed by atoms with van der Waals surface area (Å²) in [4.78, 5) is 12.7. The minimum Gasteiger partial charge on any atom is -0.480 e. The van der Waals surface area contributed by atoms with E-state index in [1.165, 1.54) is 0 Å². The lowest BCUT2D eigenvalue weighted by molar-refractivity contribution is -0.138. The lowest BCUT2D eigenvalue weighted by Crippen LogP contribution is -2.30. The molecule has 0 aliphatic heterocycles. The summed E-state index contributed by atoms with van der Waals surface area (Å²) in [6, 6.07) is 4.09. The third-order valence-electron chi connectivity index (χ3n) is 2.65. The van der Waals surface area contributed by atoms with Crippen LogP contribution in [0.1, 0.15) is 24.5 Å². The summed E-state index contributed by atoms with van der Waals surface area (Å²) in [6.07, 6.45) is 0.946. The first-order valence-corrected chi connectivity index (χ1v) is 7.41. The highest BCUT2D eigenvalue weighted by molar-refractivity contribution is 9.11. The molecule has 0 aliphatic carbocycles. The van der Waals surface area contributed by atoms with Crippen LogP contribution >= 0.6 is 31.9 Å². The Kier molecular flexibility index (Phi) is 6.32. The van der Waals surface area contributed by atoms with E-state index in [2.05, 4.69) is 38.8 Å². The third kappa shape index (κ3) is 4.71. The van der Waals surface area contributed by atoms with E-state index in [1.807, 2.05) is 24.0 Å². The van der Waals surface area contributed by atoms with Crippen molar-refractivity contribution in [2.45, 2.75) is 26.8 Å². The van der Waals surface area contributed by atoms with Crippen molar-refractivity contribution < 1.29 is 9.90 Å². The summed E-state index contributed by atoms with van der Waals surface area (Å²) in [6.45, 7) is 5.60. The van der Waals surface area contributed by atoms with Crippen LogP contribution in [0.2, 0.25) is 0 Å². The second kappa shape index (κ2) is 7.26. The SMILES string of the molecule is CCCN(CC(=O)O)Cc1cc(Br)c(C)c(Br)c1. The highest BCUT2D eigenvalue weighted by Crippen LogP contribution is 2.27. The first kappa shape index (κ1) is 15.7. The van der Waals surface area contributed by atoms with Crippen LogP contribution in [0, 0.1) is 6.92 Å². The number of halogens is 2. The highest BCUT2D eigenvalue weighted by atomic mass is 79.9. The molecule has 0 amide bonds. The van der Waals surface area contributed by atoms with Crippen LogP contribution in [0.4, 0.5) is 0 Å². The van der Waals surface area contributed by atoms with Crippen LogP contribution in [0.5, 0.6) is 0 Å². The van der Waals surface area contributed by atoms with E-state index >= 15 is 0 Å². The summed E-state index contributed by atoms with van der Waals surface area (Å²) < 4.78 is 2.08. The number of carbonyl (C=O) groups is 1. The molecule has 0 atom stereocenters. The minimum atomic E-state index is -0.784. The topological polar surface area (TPSA) is 40.5 Å². The normalized spacial score (nSPS) is 10.9. The van der Waals surface area contributed by atoms with E-state index in [0.29, 0.717) is 6.54 Å². The average Bonchev–Trinajstić information content (AvgIpc) is 2.25. The molecule has 0 aromatic heterocycles. The van der Waals surface area contributed by atoms with Gasteiger partial charge in [-0.1, -0.05) is 38.8 Å². The first-order chi connectivity index (χ1) is 8.43. The first-order valence-electron chi connectivity index (χ1n) is 5.82. The molecule has 5 heteroatoms. The lowest BCUT2D eigenvalue weighted by Gasteiger charge is -2.20. The van der Waals surface area contributed by atoms with E-state index in [9.17, 15) is 4.79 Å². The van der Waals surface area contributed by atoms with Gasteiger partial charge in [0.15, 0.2) is 0 Å². The molecule has 0 heterocycles. The van der Waals surface area contributed by atoms with Crippen LogP contribution in [-0.4, -0.2) is 29.1 Å². The molecule has 1 aromatic rings. The molecular formula is C13H17Br2NO2. The lowest BCUT2D eigenvalue weighted by atomic mass is 10.1. The molecule has 1 aromatic carbocycles. The Balaban J connectivity index is 2.83. The van der Waals surface area contributed by atoms with Gasteiger partial charge >= 0.3 is 5.97 Å². The van der Waals surface area contributed by atoms with Crippen molar-refractivity contribution in [3.8, 4) is 0 Å². The molecule has 0 aliphatic rings. The Bertz CT molecular complexity index is 412. The molecule has 0 unspecified atom stereocenters. The predicted octanol–water partition coefficient (Wildman–Crippen LogP) is 3.82. The largest absolute Gasteiger partial charge is 0.480 e. The number of benzene rings is 1. The third-order valence-corrected chi connectivity index (χ3v) is 4.29. The van der Waals surface area contributed by atoms with Crippen LogP contribution in [-0.2, 0) is 11.3 Å². The van der Waals surface area contributed by atoms with Gasteiger partial charge in [-0.05, 0) is 43.1 Å². The maximum absolute atomic E-state index is 10.8. The summed E-state index contributed by atoms with van der Waals surface area (Å²) in [5, 5.41) is 8.88. The summed E-state index contributed by atoms with van der Waals surface area (Å²) in [7, 11) is 0. The Labute approximate surface area is 124 Å². The minimum absolute atomic E-state index is 0.0803. The van der Waals surface area contributed by atoms with Crippen molar-refractivity contribution in [3.63, 3.8) is 0 Å². The summed E-state index contributed by atoms with van der Waals surface area (Å²) in [5.41, 5.74) is 2.26. The average molecular weight is 379 g/mol. The number of rotatable bonds is 6. The molecule has 18 heavy (non-hydrogen) atoms. The number of hydrogen-bond donors (Lipinski definition) is 1. The maximum Gasteiger partial charge on any atom is 0.317 e. The molecule has 100 valence electrons. The second-order valence-electron chi connectivity index (χ2n) is 4.29. The number of carboxylic acids is 1. The zero-order chi connectivity index (χ0) is 13.7. The van der Waals surface area contributed by atoms with Gasteiger partial charge in [0.25, 0.3) is 0 Å². The second-order valence-corrected chi connectivity index (χ2v) is 6.00. The molecule has 0 radical (unpaired) electrons. The van der Waals surface area contributed by atoms with Crippen LogP contribution in [0.3, 0.4) is 0 Å². The van der Waals surface area contributed by atoms with Crippen molar-refractivity contribution >= 4 is 37.8 Å². The van der Waals surface area contributed by atoms with E-state index in [0.717, 1.165) is 33.0 Å². The van der Waals surface area contributed by atoms with Gasteiger partial charge in [-0.3, -0.25) is 9.69 Å². The van der Waals surface area contributed by atoms with Gasteiger partial charge in [-0.25, -0.2) is 0 Å². The fourth-order valence-corrected chi connectivity index (χ4v) is 3.05. The van der Waals surface area contributed by atoms with Gasteiger partial charge in [0.1, 0.15) is 0 Å². The highest BCUT2D eigenvalue weighted by Gasteiger charge is 2.11. The molecule has 0 saturated heterocycles. The van der Waals surface area contributed by atoms with Crippen molar-refractivity contribution in [2.75, 3.05) is 13.1 Å². The molecule has 1 N–H and O–H groups in total. The van der Waals surface area contributed by atoms with Gasteiger partial charge < -0.3 is 5.11 Å². The van der Waals surface area contributed by atoms with Gasteiger partial charge in [-0.15, -0.1) is 0 Å². The van der Waals surface area contributed by atoms with Gasteiger partial charge in [0.05, 0.1) is 6.54 Å². The van der Waals surface area contributed by atoms with Crippen molar-refractivity contribution in [2.24, 2.45) is 0 Å². The van der Waals surface area contributed by atoms with Crippen molar-refractivity contribution in [1.82, 2.24) is 4.90 Å². The van der Waals surface area contributed by atoms with Crippen molar-refractivity contribution in [1.29, 1.82) is 0 Å². The predicted molar refractivity (Wildman–Crippen MR) is 79.8 cm³/mol. The number of hydrogen-bond acceptors (Lipinski definition) is 2. The molecule has 0 spiro atoms. The molecule has 0 fully saturated rings. The standard InChI is InChI=1S/C13H17Br2NO2/c1-3-4-16(8-13(17)18)7-10-5-11(14)9(2)12(15)6-10/h5-6H,3-4,7-8H2,1-2H3,(H,17,18). The van der Waals surface area contributed by atoms with E-state index in [1.54, 1.807) is 0 Å². The van der Waals surface area contributed by atoms with Gasteiger partial charge in [-0.2, -0.15) is 0 Å². The Morgan fingerprint density at radius 3 is 2.33 bits per heavy atom. The van der Waals surface area contributed by atoms with Crippen LogP contribution < -0.4 is 0 Å². The van der Waals surface area contributed by atoms with Crippen LogP contribution in [0.15, 0.2) is 21.1 Å². The molecule has 0 bridgehead atoms. The Morgan fingerprint density at radius 1 is 1.33 bits per heavy atom. The molecular weight excluding hydrogens is 362 g/mol. The Morgan fingerprint density at radius 2 is 1.89 bits per heavy atom. The molecule has 1 rings (SSSR count). The zero-order valence-corrected chi connectivity index (χ0v) is 13.7. The Hall–Kier alpha value is -0.390. The monoisotopic (exact) mass is 377 g/mol. The fourth-order valence-electron chi connectivity index (χ4n) is 1.77. The molecule has 3 nitrogen and oxygen atoms in total. The zero-order valence-electron chi connectivity index (χ0n) is 10.5. The van der Waals surface area contributed by atoms with E-state index in [4.69, 9.17) is 5.11 Å². The van der Waals surface area contributed by atoms with E-state index in [-0.39, 0.29) is 6.54 Å². The summed E-state index contributed by atoms with van der Waals surface area (Å²) in [5.74, 6) is -0.784. The van der Waals surface area contributed by atoms with Crippen molar-refractivity contribution in [3.05, 3.63) is 32.2 Å². The maximum atomic E-state index is 10.8. The van der Waals surface area contributed by atoms with Gasteiger partial charge in [0.2, 0.25) is 0 Å². The van der Waals surface area contributed by atoms with Gasteiger partial charge in [0, 0.05) is 15.5 Å².